The van der Waals surface area contributed by atoms with Gasteiger partial charge in [-0.3, -0.25) is 14.5 Å². The van der Waals surface area contributed by atoms with E-state index in [1.807, 2.05) is 35.0 Å². The molecule has 3 aromatic rings. The van der Waals surface area contributed by atoms with E-state index in [1.54, 1.807) is 28.7 Å². The number of morpholine rings is 1. The normalized spacial score (nSPS) is 18.3. The standard InChI is InChI=1S/C26H27FN4O3S2/c27-20-5-1-4-19(16-20)26(33)30(9-8-29-10-12-34-13-11-29)18-25(32)31-22(24-7-3-15-36-24)17-21(28-31)23-6-2-14-35-23/h1-7,14-16,22H,8-13,17-18H2. The topological polar surface area (TPSA) is 65.5 Å². The van der Waals surface area contributed by atoms with Crippen LogP contribution in [0.4, 0.5) is 4.39 Å². The van der Waals surface area contributed by atoms with E-state index in [4.69, 9.17) is 9.84 Å². The van der Waals surface area contributed by atoms with Crippen LogP contribution in [0.2, 0.25) is 0 Å². The maximum Gasteiger partial charge on any atom is 0.262 e. The molecular formula is C26H27FN4O3S2. The van der Waals surface area contributed by atoms with Crippen LogP contribution in [-0.4, -0.2) is 78.3 Å². The van der Waals surface area contributed by atoms with E-state index in [0.29, 0.717) is 32.7 Å². The predicted octanol–water partition coefficient (Wildman–Crippen LogP) is 4.10. The van der Waals surface area contributed by atoms with Gasteiger partial charge in [-0.05, 0) is 41.1 Å². The van der Waals surface area contributed by atoms with Crippen LogP contribution in [0.15, 0.2) is 64.4 Å². The monoisotopic (exact) mass is 526 g/mol. The zero-order chi connectivity index (χ0) is 24.9. The van der Waals surface area contributed by atoms with Gasteiger partial charge in [0.05, 0.1) is 29.8 Å². The third kappa shape index (κ3) is 5.73. The van der Waals surface area contributed by atoms with Gasteiger partial charge in [-0.25, -0.2) is 9.40 Å². The molecule has 2 aliphatic heterocycles. The van der Waals surface area contributed by atoms with Gasteiger partial charge >= 0.3 is 0 Å². The molecule has 2 amide bonds. The zero-order valence-corrected chi connectivity index (χ0v) is 21.3. The van der Waals surface area contributed by atoms with Crippen molar-refractivity contribution in [2.24, 2.45) is 5.10 Å². The molecule has 0 bridgehead atoms. The predicted molar refractivity (Wildman–Crippen MR) is 139 cm³/mol. The van der Waals surface area contributed by atoms with E-state index in [1.165, 1.54) is 28.1 Å². The van der Waals surface area contributed by atoms with Crippen molar-refractivity contribution in [3.63, 3.8) is 0 Å². The fourth-order valence-corrected chi connectivity index (χ4v) is 5.95. The molecule has 4 heterocycles. The third-order valence-electron chi connectivity index (χ3n) is 6.32. The molecule has 0 saturated carbocycles. The minimum absolute atomic E-state index is 0.136. The lowest BCUT2D eigenvalue weighted by Crippen LogP contribution is -2.46. The summed E-state index contributed by atoms with van der Waals surface area (Å²) in [5, 5.41) is 10.2. The highest BCUT2D eigenvalue weighted by Gasteiger charge is 2.35. The number of thiophene rings is 2. The highest BCUT2D eigenvalue weighted by molar-refractivity contribution is 7.12. The Balaban J connectivity index is 1.37. The van der Waals surface area contributed by atoms with E-state index in [2.05, 4.69) is 4.90 Å². The number of carbonyl (C=O) groups is 2. The van der Waals surface area contributed by atoms with Crippen LogP contribution >= 0.6 is 22.7 Å². The van der Waals surface area contributed by atoms with Crippen LogP contribution in [0.1, 0.15) is 32.6 Å². The van der Waals surface area contributed by atoms with Crippen molar-refractivity contribution in [3.05, 3.63) is 80.4 Å². The Bertz CT molecular complexity index is 1210. The summed E-state index contributed by atoms with van der Waals surface area (Å²) in [5.74, 6) is -1.11. The molecule has 2 aromatic heterocycles. The number of carbonyl (C=O) groups excluding carboxylic acids is 2. The highest BCUT2D eigenvalue weighted by Crippen LogP contribution is 2.36. The van der Waals surface area contributed by atoms with Gasteiger partial charge in [0.2, 0.25) is 0 Å². The Morgan fingerprint density at radius 3 is 2.61 bits per heavy atom. The Morgan fingerprint density at radius 2 is 1.89 bits per heavy atom. The van der Waals surface area contributed by atoms with Crippen LogP contribution in [0.5, 0.6) is 0 Å². The first-order chi connectivity index (χ1) is 17.6. The number of hydrogen-bond donors (Lipinski definition) is 0. The van der Waals surface area contributed by atoms with Crippen LogP contribution in [-0.2, 0) is 9.53 Å². The second kappa shape index (κ2) is 11.4. The lowest BCUT2D eigenvalue weighted by molar-refractivity contribution is -0.133. The summed E-state index contributed by atoms with van der Waals surface area (Å²) in [6, 6.07) is 13.3. The molecule has 36 heavy (non-hydrogen) atoms. The smallest absolute Gasteiger partial charge is 0.262 e. The van der Waals surface area contributed by atoms with Crippen molar-refractivity contribution in [1.82, 2.24) is 14.8 Å². The molecule has 1 unspecified atom stereocenters. The Morgan fingerprint density at radius 1 is 1.08 bits per heavy atom. The first-order valence-corrected chi connectivity index (χ1v) is 13.7. The summed E-state index contributed by atoms with van der Waals surface area (Å²) in [6.45, 7) is 3.66. The van der Waals surface area contributed by atoms with E-state index in [9.17, 15) is 14.0 Å². The van der Waals surface area contributed by atoms with E-state index in [0.717, 1.165) is 28.6 Å². The molecule has 1 fully saturated rings. The molecule has 5 rings (SSSR count). The van der Waals surface area contributed by atoms with Crippen LogP contribution in [0, 0.1) is 5.82 Å². The third-order valence-corrected chi connectivity index (χ3v) is 8.21. The molecular weight excluding hydrogens is 499 g/mol. The van der Waals surface area contributed by atoms with Crippen molar-refractivity contribution in [2.75, 3.05) is 45.9 Å². The highest BCUT2D eigenvalue weighted by atomic mass is 32.1. The summed E-state index contributed by atoms with van der Waals surface area (Å²) in [4.78, 5) is 32.9. The Labute approximate surface area is 217 Å². The van der Waals surface area contributed by atoms with E-state index < -0.39 is 5.82 Å². The molecule has 0 spiro atoms. The lowest BCUT2D eigenvalue weighted by atomic mass is 10.1. The zero-order valence-electron chi connectivity index (χ0n) is 19.7. The van der Waals surface area contributed by atoms with Crippen LogP contribution in [0.25, 0.3) is 0 Å². The van der Waals surface area contributed by atoms with Gasteiger partial charge in [0.1, 0.15) is 12.4 Å². The summed E-state index contributed by atoms with van der Waals surface area (Å²) in [7, 11) is 0. The molecule has 10 heteroatoms. The van der Waals surface area contributed by atoms with E-state index >= 15 is 0 Å². The van der Waals surface area contributed by atoms with Gasteiger partial charge in [0.25, 0.3) is 11.8 Å². The fraction of sp³-hybridized carbons (Fsp3) is 0.346. The Hall–Kier alpha value is -2.92. The summed E-state index contributed by atoms with van der Waals surface area (Å²) < 4.78 is 19.3. The summed E-state index contributed by atoms with van der Waals surface area (Å²) in [5.41, 5.74) is 1.09. The first-order valence-electron chi connectivity index (χ1n) is 11.9. The number of ether oxygens (including phenoxy) is 1. The fourth-order valence-electron chi connectivity index (χ4n) is 4.41. The average Bonchev–Trinajstić information content (AvgIpc) is 3.68. The minimum Gasteiger partial charge on any atom is -0.379 e. The summed E-state index contributed by atoms with van der Waals surface area (Å²) in [6.07, 6.45) is 0.623. The van der Waals surface area contributed by atoms with E-state index in [-0.39, 0.29) is 30.0 Å². The van der Waals surface area contributed by atoms with Crippen molar-refractivity contribution in [1.29, 1.82) is 0 Å². The molecule has 0 N–H and O–H groups in total. The molecule has 1 aromatic carbocycles. The van der Waals surface area contributed by atoms with Crippen molar-refractivity contribution in [2.45, 2.75) is 12.5 Å². The van der Waals surface area contributed by atoms with Gasteiger partial charge in [-0.1, -0.05) is 18.2 Å². The average molecular weight is 527 g/mol. The number of nitrogens with zero attached hydrogens (tertiary/aromatic N) is 4. The quantitative estimate of drug-likeness (QED) is 0.443. The van der Waals surface area contributed by atoms with Gasteiger partial charge in [-0.15, -0.1) is 22.7 Å². The lowest BCUT2D eigenvalue weighted by Gasteiger charge is -2.31. The molecule has 0 radical (unpaired) electrons. The number of hydrogen-bond acceptors (Lipinski definition) is 7. The molecule has 1 atom stereocenters. The maximum absolute atomic E-state index is 13.9. The number of hydrazone groups is 1. The number of benzene rings is 1. The van der Waals surface area contributed by atoms with Crippen molar-refractivity contribution in [3.8, 4) is 0 Å². The van der Waals surface area contributed by atoms with Crippen LogP contribution in [0.3, 0.4) is 0 Å². The van der Waals surface area contributed by atoms with Gasteiger partial charge < -0.3 is 9.64 Å². The van der Waals surface area contributed by atoms with Crippen molar-refractivity contribution < 1.29 is 18.7 Å². The van der Waals surface area contributed by atoms with Gasteiger partial charge in [0.15, 0.2) is 0 Å². The second-order valence-electron chi connectivity index (χ2n) is 8.69. The number of rotatable bonds is 8. The van der Waals surface area contributed by atoms with Gasteiger partial charge in [0, 0.05) is 43.0 Å². The summed E-state index contributed by atoms with van der Waals surface area (Å²) >= 11 is 3.18. The number of amides is 2. The minimum atomic E-state index is -0.484. The Kier molecular flexibility index (Phi) is 7.86. The molecule has 1 saturated heterocycles. The van der Waals surface area contributed by atoms with Crippen LogP contribution < -0.4 is 0 Å². The first kappa shape index (κ1) is 24.8. The van der Waals surface area contributed by atoms with Gasteiger partial charge in [-0.2, -0.15) is 5.10 Å². The largest absolute Gasteiger partial charge is 0.379 e. The SMILES string of the molecule is O=C(c1cccc(F)c1)N(CCN1CCOCC1)CC(=O)N1N=C(c2cccs2)CC1c1cccs1. The maximum atomic E-state index is 13.9. The second-order valence-corrected chi connectivity index (χ2v) is 10.6. The van der Waals surface area contributed by atoms with Crippen molar-refractivity contribution >= 4 is 40.2 Å². The molecule has 7 nitrogen and oxygen atoms in total. The molecule has 0 aliphatic carbocycles. The molecule has 188 valence electrons. The molecule has 2 aliphatic rings. The number of halogens is 1.